The van der Waals surface area contributed by atoms with E-state index in [0.29, 0.717) is 11.0 Å². The van der Waals surface area contributed by atoms with E-state index in [1.807, 2.05) is 54.6 Å². The molecule has 0 aliphatic rings. The van der Waals surface area contributed by atoms with Crippen molar-refractivity contribution in [1.82, 2.24) is 4.98 Å². The SMILES string of the molecule is Clc1cccc(Nc2ncc(-c3ccccc3)o2)c1. The molecule has 4 heteroatoms. The van der Waals surface area contributed by atoms with Crippen LogP contribution < -0.4 is 5.32 Å². The van der Waals surface area contributed by atoms with Crippen molar-refractivity contribution < 1.29 is 4.42 Å². The van der Waals surface area contributed by atoms with E-state index in [0.717, 1.165) is 17.0 Å². The van der Waals surface area contributed by atoms with Gasteiger partial charge in [0.2, 0.25) is 0 Å². The minimum Gasteiger partial charge on any atom is -0.423 e. The Kier molecular flexibility index (Phi) is 3.21. The first-order valence-electron chi connectivity index (χ1n) is 5.85. The third-order valence-corrected chi connectivity index (χ3v) is 2.87. The Morgan fingerprint density at radius 2 is 1.84 bits per heavy atom. The highest BCUT2D eigenvalue weighted by Gasteiger charge is 2.06. The molecule has 0 amide bonds. The topological polar surface area (TPSA) is 38.1 Å². The first-order valence-corrected chi connectivity index (χ1v) is 6.23. The summed E-state index contributed by atoms with van der Waals surface area (Å²) in [7, 11) is 0. The molecule has 0 aliphatic heterocycles. The minimum absolute atomic E-state index is 0.445. The number of oxazole rings is 1. The van der Waals surface area contributed by atoms with Gasteiger partial charge in [0.15, 0.2) is 5.76 Å². The monoisotopic (exact) mass is 270 g/mol. The van der Waals surface area contributed by atoms with Crippen molar-refractivity contribution in [3.8, 4) is 11.3 Å². The summed E-state index contributed by atoms with van der Waals surface area (Å²) in [4.78, 5) is 4.20. The number of aromatic nitrogens is 1. The average molecular weight is 271 g/mol. The molecule has 0 radical (unpaired) electrons. The highest BCUT2D eigenvalue weighted by Crippen LogP contribution is 2.25. The molecule has 0 aliphatic carbocycles. The normalized spacial score (nSPS) is 10.4. The van der Waals surface area contributed by atoms with Crippen LogP contribution in [-0.2, 0) is 0 Å². The number of rotatable bonds is 3. The lowest BCUT2D eigenvalue weighted by atomic mass is 10.2. The number of halogens is 1. The maximum Gasteiger partial charge on any atom is 0.299 e. The van der Waals surface area contributed by atoms with E-state index in [2.05, 4.69) is 10.3 Å². The third-order valence-electron chi connectivity index (χ3n) is 2.64. The molecule has 1 N–H and O–H groups in total. The fraction of sp³-hybridized carbons (Fsp3) is 0. The van der Waals surface area contributed by atoms with Crippen molar-refractivity contribution >= 4 is 23.3 Å². The highest BCUT2D eigenvalue weighted by molar-refractivity contribution is 6.30. The maximum atomic E-state index is 5.92. The molecule has 0 unspecified atom stereocenters. The summed E-state index contributed by atoms with van der Waals surface area (Å²) < 4.78 is 5.65. The second-order valence-corrected chi connectivity index (χ2v) is 4.47. The van der Waals surface area contributed by atoms with E-state index in [1.54, 1.807) is 6.20 Å². The van der Waals surface area contributed by atoms with Gasteiger partial charge in [-0.05, 0) is 18.2 Å². The molecule has 0 saturated heterocycles. The second-order valence-electron chi connectivity index (χ2n) is 4.03. The molecule has 94 valence electrons. The first-order chi connectivity index (χ1) is 9.31. The summed E-state index contributed by atoms with van der Waals surface area (Å²) in [5, 5.41) is 3.74. The van der Waals surface area contributed by atoms with Crippen molar-refractivity contribution in [1.29, 1.82) is 0 Å². The van der Waals surface area contributed by atoms with E-state index in [9.17, 15) is 0 Å². The smallest absolute Gasteiger partial charge is 0.299 e. The number of nitrogens with one attached hydrogen (secondary N) is 1. The van der Waals surface area contributed by atoms with Gasteiger partial charge in [-0.3, -0.25) is 0 Å². The quantitative estimate of drug-likeness (QED) is 0.747. The zero-order valence-electron chi connectivity index (χ0n) is 10.0. The molecule has 0 bridgehead atoms. The Balaban J connectivity index is 1.82. The van der Waals surface area contributed by atoms with Crippen LogP contribution in [0, 0.1) is 0 Å². The molecule has 0 fully saturated rings. The van der Waals surface area contributed by atoms with Gasteiger partial charge < -0.3 is 9.73 Å². The molecule has 1 heterocycles. The maximum absolute atomic E-state index is 5.92. The zero-order valence-corrected chi connectivity index (χ0v) is 10.8. The van der Waals surface area contributed by atoms with Crippen LogP contribution in [0.5, 0.6) is 0 Å². The van der Waals surface area contributed by atoms with Gasteiger partial charge in [-0.25, -0.2) is 4.98 Å². The minimum atomic E-state index is 0.445. The lowest BCUT2D eigenvalue weighted by Gasteiger charge is -2.01. The van der Waals surface area contributed by atoms with E-state index < -0.39 is 0 Å². The van der Waals surface area contributed by atoms with E-state index >= 15 is 0 Å². The Morgan fingerprint density at radius 1 is 1.00 bits per heavy atom. The van der Waals surface area contributed by atoms with Gasteiger partial charge >= 0.3 is 0 Å². The van der Waals surface area contributed by atoms with Crippen LogP contribution in [-0.4, -0.2) is 4.98 Å². The predicted octanol–water partition coefficient (Wildman–Crippen LogP) is 4.74. The summed E-state index contributed by atoms with van der Waals surface area (Å²) in [6.07, 6.45) is 1.70. The molecular formula is C15H11ClN2O. The van der Waals surface area contributed by atoms with Crippen molar-refractivity contribution in [2.24, 2.45) is 0 Å². The van der Waals surface area contributed by atoms with Crippen LogP contribution in [0.15, 0.2) is 65.2 Å². The van der Waals surface area contributed by atoms with Crippen LogP contribution in [0.1, 0.15) is 0 Å². The van der Waals surface area contributed by atoms with Crippen LogP contribution in [0.4, 0.5) is 11.7 Å². The third kappa shape index (κ3) is 2.77. The van der Waals surface area contributed by atoms with Crippen molar-refractivity contribution in [2.75, 3.05) is 5.32 Å². The second kappa shape index (κ2) is 5.16. The molecular weight excluding hydrogens is 260 g/mol. The van der Waals surface area contributed by atoms with E-state index in [-0.39, 0.29) is 0 Å². The summed E-state index contributed by atoms with van der Waals surface area (Å²) in [6, 6.07) is 17.7. The Hall–Kier alpha value is -2.26. The number of hydrogen-bond donors (Lipinski definition) is 1. The van der Waals surface area contributed by atoms with Crippen LogP contribution in [0.25, 0.3) is 11.3 Å². The number of nitrogens with zero attached hydrogens (tertiary/aromatic N) is 1. The largest absolute Gasteiger partial charge is 0.423 e. The molecule has 3 aromatic rings. The van der Waals surface area contributed by atoms with Gasteiger partial charge in [-0.2, -0.15) is 0 Å². The molecule has 3 rings (SSSR count). The number of anilines is 2. The van der Waals surface area contributed by atoms with E-state index in [1.165, 1.54) is 0 Å². The average Bonchev–Trinajstić information content (AvgIpc) is 2.88. The molecule has 19 heavy (non-hydrogen) atoms. The van der Waals surface area contributed by atoms with Gasteiger partial charge in [0.1, 0.15) is 0 Å². The van der Waals surface area contributed by atoms with Gasteiger partial charge in [-0.1, -0.05) is 48.0 Å². The molecule has 0 atom stereocenters. The van der Waals surface area contributed by atoms with Crippen molar-refractivity contribution in [3.63, 3.8) is 0 Å². The number of hydrogen-bond acceptors (Lipinski definition) is 3. The van der Waals surface area contributed by atoms with Crippen LogP contribution in [0.3, 0.4) is 0 Å². The van der Waals surface area contributed by atoms with Crippen LogP contribution >= 0.6 is 11.6 Å². The molecule has 1 aromatic heterocycles. The Morgan fingerprint density at radius 3 is 2.63 bits per heavy atom. The Labute approximate surface area is 115 Å². The van der Waals surface area contributed by atoms with Gasteiger partial charge in [-0.15, -0.1) is 0 Å². The lowest BCUT2D eigenvalue weighted by molar-refractivity contribution is 0.592. The molecule has 0 spiro atoms. The molecule has 2 aromatic carbocycles. The first kappa shape index (κ1) is 11.8. The van der Waals surface area contributed by atoms with E-state index in [4.69, 9.17) is 16.0 Å². The van der Waals surface area contributed by atoms with Gasteiger partial charge in [0, 0.05) is 16.3 Å². The fourth-order valence-electron chi connectivity index (χ4n) is 1.76. The van der Waals surface area contributed by atoms with Crippen molar-refractivity contribution in [2.45, 2.75) is 0 Å². The highest BCUT2D eigenvalue weighted by atomic mass is 35.5. The van der Waals surface area contributed by atoms with Gasteiger partial charge in [0.25, 0.3) is 6.01 Å². The molecule has 3 nitrogen and oxygen atoms in total. The fourth-order valence-corrected chi connectivity index (χ4v) is 1.95. The lowest BCUT2D eigenvalue weighted by Crippen LogP contribution is -1.89. The zero-order chi connectivity index (χ0) is 13.1. The molecule has 0 saturated carbocycles. The van der Waals surface area contributed by atoms with Gasteiger partial charge in [0.05, 0.1) is 6.20 Å². The van der Waals surface area contributed by atoms with Crippen LogP contribution in [0.2, 0.25) is 5.02 Å². The Bertz CT molecular complexity index is 679. The standard InChI is InChI=1S/C15H11ClN2O/c16-12-7-4-8-13(9-12)18-15-17-10-14(19-15)11-5-2-1-3-6-11/h1-10H,(H,17,18). The summed E-state index contributed by atoms with van der Waals surface area (Å²) in [5.74, 6) is 0.727. The van der Waals surface area contributed by atoms with Crippen molar-refractivity contribution in [3.05, 3.63) is 65.8 Å². The predicted molar refractivity (Wildman–Crippen MR) is 76.7 cm³/mol. The number of benzene rings is 2. The summed E-state index contributed by atoms with van der Waals surface area (Å²) in [5.41, 5.74) is 1.84. The summed E-state index contributed by atoms with van der Waals surface area (Å²) >= 11 is 5.92. The summed E-state index contributed by atoms with van der Waals surface area (Å²) in [6.45, 7) is 0.